The Kier molecular flexibility index (Phi) is 4.90. The van der Waals surface area contributed by atoms with Gasteiger partial charge in [-0.15, -0.1) is 0 Å². The van der Waals surface area contributed by atoms with Crippen molar-refractivity contribution in [2.75, 3.05) is 20.7 Å². The van der Waals surface area contributed by atoms with Crippen LogP contribution >= 0.6 is 0 Å². The van der Waals surface area contributed by atoms with E-state index in [0.717, 1.165) is 18.4 Å². The van der Waals surface area contributed by atoms with Crippen LogP contribution in [0.25, 0.3) is 0 Å². The van der Waals surface area contributed by atoms with Crippen molar-refractivity contribution < 1.29 is 9.50 Å². The molecule has 2 nitrogen and oxygen atoms in total. The predicted molar refractivity (Wildman–Crippen MR) is 63.9 cm³/mol. The highest BCUT2D eigenvalue weighted by atomic mass is 19.1. The number of nitrogens with zero attached hydrogens (tertiary/aromatic N) is 1. The van der Waals surface area contributed by atoms with E-state index in [4.69, 9.17) is 5.11 Å². The Labute approximate surface area is 96.7 Å². The van der Waals surface area contributed by atoms with E-state index in [1.807, 2.05) is 26.2 Å². The molecule has 1 unspecified atom stereocenters. The van der Waals surface area contributed by atoms with E-state index >= 15 is 0 Å². The number of aryl methyl sites for hydroxylation is 1. The van der Waals surface area contributed by atoms with Crippen molar-refractivity contribution in [2.45, 2.75) is 25.8 Å². The quantitative estimate of drug-likeness (QED) is 0.832. The van der Waals surface area contributed by atoms with Crippen molar-refractivity contribution in [1.82, 2.24) is 4.90 Å². The minimum atomic E-state index is -0.164. The van der Waals surface area contributed by atoms with Crippen LogP contribution in [0.4, 0.5) is 4.39 Å². The molecule has 0 saturated carbocycles. The van der Waals surface area contributed by atoms with Gasteiger partial charge in [0, 0.05) is 12.6 Å². The second-order valence-corrected chi connectivity index (χ2v) is 4.35. The van der Waals surface area contributed by atoms with Gasteiger partial charge in [0.1, 0.15) is 5.82 Å². The molecule has 1 atom stereocenters. The highest BCUT2D eigenvalue weighted by Crippen LogP contribution is 2.24. The standard InChI is InChI=1S/C13H20FNO/c1-10-9-11(6-7-12(10)14)13(15(2)3)5-4-8-16/h6-7,9,13,16H,4-5,8H2,1-3H3. The zero-order chi connectivity index (χ0) is 12.1. The Balaban J connectivity index is 2.88. The lowest BCUT2D eigenvalue weighted by Crippen LogP contribution is -2.20. The predicted octanol–water partition coefficient (Wildman–Crippen LogP) is 2.51. The molecule has 1 N–H and O–H groups in total. The highest BCUT2D eigenvalue weighted by molar-refractivity contribution is 5.26. The number of aliphatic hydroxyl groups is 1. The van der Waals surface area contributed by atoms with Crippen molar-refractivity contribution in [3.63, 3.8) is 0 Å². The Morgan fingerprint density at radius 3 is 2.56 bits per heavy atom. The fraction of sp³-hybridized carbons (Fsp3) is 0.538. The van der Waals surface area contributed by atoms with Gasteiger partial charge < -0.3 is 10.0 Å². The van der Waals surface area contributed by atoms with Crippen molar-refractivity contribution >= 4 is 0 Å². The van der Waals surface area contributed by atoms with Crippen molar-refractivity contribution in [3.05, 3.63) is 35.1 Å². The maximum atomic E-state index is 13.2. The second-order valence-electron chi connectivity index (χ2n) is 4.35. The normalized spacial score (nSPS) is 13.1. The first kappa shape index (κ1) is 13.1. The molecule has 0 bridgehead atoms. The van der Waals surface area contributed by atoms with Crippen molar-refractivity contribution in [3.8, 4) is 0 Å². The molecule has 0 heterocycles. The molecule has 0 spiro atoms. The van der Waals surface area contributed by atoms with Crippen LogP contribution in [0.1, 0.15) is 30.0 Å². The van der Waals surface area contributed by atoms with E-state index in [-0.39, 0.29) is 18.5 Å². The summed E-state index contributed by atoms with van der Waals surface area (Å²) in [6.45, 7) is 1.97. The lowest BCUT2D eigenvalue weighted by molar-refractivity contribution is 0.235. The zero-order valence-corrected chi connectivity index (χ0v) is 10.2. The van der Waals surface area contributed by atoms with E-state index in [0.29, 0.717) is 5.56 Å². The zero-order valence-electron chi connectivity index (χ0n) is 10.2. The molecule has 1 aromatic rings. The number of rotatable bonds is 5. The highest BCUT2D eigenvalue weighted by Gasteiger charge is 2.14. The van der Waals surface area contributed by atoms with Gasteiger partial charge in [0.2, 0.25) is 0 Å². The molecule has 90 valence electrons. The minimum Gasteiger partial charge on any atom is -0.396 e. The van der Waals surface area contributed by atoms with Crippen LogP contribution in [-0.4, -0.2) is 30.7 Å². The summed E-state index contributed by atoms with van der Waals surface area (Å²) in [5.74, 6) is -0.164. The first-order chi connectivity index (χ1) is 7.56. The number of hydrogen-bond acceptors (Lipinski definition) is 2. The SMILES string of the molecule is Cc1cc(C(CCCO)N(C)C)ccc1F. The number of benzene rings is 1. The van der Waals surface area contributed by atoms with Gasteiger partial charge in [-0.05, 0) is 51.1 Å². The molecule has 0 aliphatic heterocycles. The Morgan fingerprint density at radius 1 is 1.38 bits per heavy atom. The molecular formula is C13H20FNO. The van der Waals surface area contributed by atoms with Crippen molar-refractivity contribution in [2.24, 2.45) is 0 Å². The topological polar surface area (TPSA) is 23.5 Å². The van der Waals surface area contributed by atoms with Gasteiger partial charge in [0.25, 0.3) is 0 Å². The van der Waals surface area contributed by atoms with E-state index in [2.05, 4.69) is 4.90 Å². The molecule has 0 fully saturated rings. The minimum absolute atomic E-state index is 0.164. The maximum absolute atomic E-state index is 13.2. The number of aliphatic hydroxyl groups excluding tert-OH is 1. The van der Waals surface area contributed by atoms with Crippen molar-refractivity contribution in [1.29, 1.82) is 0 Å². The van der Waals surface area contributed by atoms with Gasteiger partial charge in [-0.3, -0.25) is 0 Å². The van der Waals surface area contributed by atoms with Crippen LogP contribution in [0, 0.1) is 12.7 Å². The summed E-state index contributed by atoms with van der Waals surface area (Å²) in [5.41, 5.74) is 1.78. The summed E-state index contributed by atoms with van der Waals surface area (Å²) in [7, 11) is 4.00. The van der Waals surface area contributed by atoms with E-state index in [9.17, 15) is 4.39 Å². The summed E-state index contributed by atoms with van der Waals surface area (Å²) in [5, 5.41) is 8.86. The third-order valence-corrected chi connectivity index (χ3v) is 2.83. The van der Waals surface area contributed by atoms with Crippen LogP contribution in [0.5, 0.6) is 0 Å². The van der Waals surface area contributed by atoms with Gasteiger partial charge >= 0.3 is 0 Å². The summed E-state index contributed by atoms with van der Waals surface area (Å²) in [6.07, 6.45) is 1.65. The molecule has 16 heavy (non-hydrogen) atoms. The van der Waals surface area contributed by atoms with Crippen LogP contribution in [-0.2, 0) is 0 Å². The Morgan fingerprint density at radius 2 is 2.06 bits per heavy atom. The van der Waals surface area contributed by atoms with Crippen LogP contribution in [0.15, 0.2) is 18.2 Å². The lowest BCUT2D eigenvalue weighted by atomic mass is 9.99. The molecule has 0 aliphatic rings. The van der Waals surface area contributed by atoms with Gasteiger partial charge in [-0.1, -0.05) is 12.1 Å². The third kappa shape index (κ3) is 3.29. The largest absolute Gasteiger partial charge is 0.396 e. The van der Waals surface area contributed by atoms with Crippen LogP contribution in [0.3, 0.4) is 0 Å². The Hall–Kier alpha value is -0.930. The van der Waals surface area contributed by atoms with Crippen LogP contribution < -0.4 is 0 Å². The van der Waals surface area contributed by atoms with E-state index in [1.54, 1.807) is 6.92 Å². The molecule has 0 aromatic heterocycles. The maximum Gasteiger partial charge on any atom is 0.126 e. The first-order valence-corrected chi connectivity index (χ1v) is 5.59. The van der Waals surface area contributed by atoms with Gasteiger partial charge in [-0.25, -0.2) is 4.39 Å². The lowest BCUT2D eigenvalue weighted by Gasteiger charge is -2.25. The van der Waals surface area contributed by atoms with Gasteiger partial charge in [0.05, 0.1) is 0 Å². The summed E-state index contributed by atoms with van der Waals surface area (Å²) >= 11 is 0. The fourth-order valence-electron chi connectivity index (χ4n) is 1.88. The molecule has 1 aromatic carbocycles. The molecular weight excluding hydrogens is 205 g/mol. The average molecular weight is 225 g/mol. The smallest absolute Gasteiger partial charge is 0.126 e. The number of halogens is 1. The van der Waals surface area contributed by atoms with E-state index in [1.165, 1.54) is 6.07 Å². The third-order valence-electron chi connectivity index (χ3n) is 2.83. The van der Waals surface area contributed by atoms with Gasteiger partial charge in [0.15, 0.2) is 0 Å². The van der Waals surface area contributed by atoms with E-state index < -0.39 is 0 Å². The van der Waals surface area contributed by atoms with Crippen LogP contribution in [0.2, 0.25) is 0 Å². The Bertz CT molecular complexity index is 339. The average Bonchev–Trinajstić information content (AvgIpc) is 2.23. The summed E-state index contributed by atoms with van der Waals surface area (Å²) < 4.78 is 13.2. The molecule has 0 amide bonds. The fourth-order valence-corrected chi connectivity index (χ4v) is 1.88. The summed E-state index contributed by atoms with van der Waals surface area (Å²) in [6, 6.07) is 5.47. The summed E-state index contributed by atoms with van der Waals surface area (Å²) in [4.78, 5) is 2.10. The molecule has 0 radical (unpaired) electrons. The molecule has 1 rings (SSSR count). The molecule has 3 heteroatoms. The van der Waals surface area contributed by atoms with Gasteiger partial charge in [-0.2, -0.15) is 0 Å². The second kappa shape index (κ2) is 5.97. The molecule has 0 aliphatic carbocycles. The number of hydrogen-bond donors (Lipinski definition) is 1. The first-order valence-electron chi connectivity index (χ1n) is 5.59. The molecule has 0 saturated heterocycles. The monoisotopic (exact) mass is 225 g/mol.